The molecule has 0 aliphatic heterocycles. The van der Waals surface area contributed by atoms with Gasteiger partial charge in [0.1, 0.15) is 18.0 Å². The van der Waals surface area contributed by atoms with Crippen LogP contribution in [0.25, 0.3) is 0 Å². The van der Waals surface area contributed by atoms with Gasteiger partial charge in [0, 0.05) is 0 Å². The molecule has 0 aromatic heterocycles. The number of carbonyl (C=O) groups excluding carboxylic acids is 2. The number of benzene rings is 1. The zero-order chi connectivity index (χ0) is 13.0. The minimum atomic E-state index is -0.716. The highest BCUT2D eigenvalue weighted by atomic mass is 79.9. The minimum absolute atomic E-state index is 0.199. The van der Waals surface area contributed by atoms with E-state index in [9.17, 15) is 14.0 Å². The number of carbonyl (C=O) groups is 2. The van der Waals surface area contributed by atoms with Crippen LogP contribution in [0.1, 0.15) is 16.8 Å². The van der Waals surface area contributed by atoms with E-state index in [1.165, 1.54) is 13.2 Å². The second kappa shape index (κ2) is 5.77. The molecule has 0 spiro atoms. The molecule has 0 unspecified atom stereocenters. The van der Waals surface area contributed by atoms with Crippen molar-refractivity contribution in [1.29, 1.82) is 0 Å². The van der Waals surface area contributed by atoms with E-state index < -0.39 is 24.0 Å². The Bertz CT molecular complexity index is 459. The molecule has 0 aliphatic rings. The van der Waals surface area contributed by atoms with E-state index in [1.54, 1.807) is 0 Å². The van der Waals surface area contributed by atoms with E-state index in [0.29, 0.717) is 10.2 Å². The molecule has 0 saturated heterocycles. The highest BCUT2D eigenvalue weighted by Crippen LogP contribution is 2.28. The molecule has 0 saturated carbocycles. The van der Waals surface area contributed by atoms with Gasteiger partial charge in [0.15, 0.2) is 5.78 Å². The Morgan fingerprint density at radius 2 is 2.00 bits per heavy atom. The van der Waals surface area contributed by atoms with Gasteiger partial charge in [-0.1, -0.05) is 0 Å². The van der Waals surface area contributed by atoms with Crippen LogP contribution < -0.4 is 4.74 Å². The van der Waals surface area contributed by atoms with Gasteiger partial charge >= 0.3 is 5.97 Å². The Kier molecular flexibility index (Phi) is 4.62. The van der Waals surface area contributed by atoms with Gasteiger partial charge in [-0.25, -0.2) is 4.39 Å². The monoisotopic (exact) mass is 304 g/mol. The number of methoxy groups -OCH3 is 2. The molecular formula is C11H10BrFO4. The van der Waals surface area contributed by atoms with E-state index in [2.05, 4.69) is 20.7 Å². The van der Waals surface area contributed by atoms with Crippen molar-refractivity contribution in [3.8, 4) is 5.75 Å². The maximum absolute atomic E-state index is 13.5. The molecule has 0 radical (unpaired) electrons. The van der Waals surface area contributed by atoms with Crippen LogP contribution in [0.2, 0.25) is 0 Å². The zero-order valence-corrected chi connectivity index (χ0v) is 10.8. The van der Waals surface area contributed by atoms with Gasteiger partial charge in [0.2, 0.25) is 0 Å². The largest absolute Gasteiger partial charge is 0.496 e. The summed E-state index contributed by atoms with van der Waals surface area (Å²) in [6, 6.07) is 2.36. The summed E-state index contributed by atoms with van der Waals surface area (Å²) in [7, 11) is 2.56. The zero-order valence-electron chi connectivity index (χ0n) is 9.25. The minimum Gasteiger partial charge on any atom is -0.496 e. The standard InChI is InChI=1S/C11H10BrFO4/c1-16-10-3-6(8(13)4-7(10)12)9(14)5-11(15)17-2/h3-4H,5H2,1-2H3. The number of ketones is 1. The summed E-state index contributed by atoms with van der Waals surface area (Å²) in [6.07, 6.45) is -0.502. The third-order valence-electron chi connectivity index (χ3n) is 2.07. The van der Waals surface area contributed by atoms with Crippen molar-refractivity contribution in [3.05, 3.63) is 28.0 Å². The van der Waals surface area contributed by atoms with Crippen molar-refractivity contribution in [2.24, 2.45) is 0 Å². The topological polar surface area (TPSA) is 52.6 Å². The molecule has 0 atom stereocenters. The Morgan fingerprint density at radius 3 is 2.53 bits per heavy atom. The molecule has 0 N–H and O–H groups in total. The molecule has 0 fully saturated rings. The van der Waals surface area contributed by atoms with E-state index in [4.69, 9.17) is 4.74 Å². The Morgan fingerprint density at radius 1 is 1.35 bits per heavy atom. The van der Waals surface area contributed by atoms with Crippen LogP contribution in [0.15, 0.2) is 16.6 Å². The molecule has 0 bridgehead atoms. The Hall–Kier alpha value is -1.43. The van der Waals surface area contributed by atoms with Crippen molar-refractivity contribution < 1.29 is 23.5 Å². The molecule has 4 nitrogen and oxygen atoms in total. The Labute approximate surface area is 106 Å². The lowest BCUT2D eigenvalue weighted by Gasteiger charge is -2.07. The third-order valence-corrected chi connectivity index (χ3v) is 2.69. The fraction of sp³-hybridized carbons (Fsp3) is 0.273. The third kappa shape index (κ3) is 3.26. The first kappa shape index (κ1) is 13.6. The average molecular weight is 305 g/mol. The lowest BCUT2D eigenvalue weighted by atomic mass is 10.1. The predicted molar refractivity (Wildman–Crippen MR) is 61.6 cm³/mol. The number of Topliss-reactive ketones (excluding diaryl/α,β-unsaturated/α-hetero) is 1. The summed E-state index contributed by atoms with van der Waals surface area (Å²) < 4.78 is 23.2. The molecule has 1 aromatic rings. The maximum atomic E-state index is 13.5. The van der Waals surface area contributed by atoms with Crippen molar-refractivity contribution >= 4 is 27.7 Å². The van der Waals surface area contributed by atoms with Crippen LogP contribution in [-0.2, 0) is 9.53 Å². The fourth-order valence-electron chi connectivity index (χ4n) is 1.20. The highest BCUT2D eigenvalue weighted by Gasteiger charge is 2.18. The van der Waals surface area contributed by atoms with Crippen LogP contribution in [0.4, 0.5) is 4.39 Å². The number of hydrogen-bond acceptors (Lipinski definition) is 4. The second-order valence-corrected chi connectivity index (χ2v) is 4.00. The molecule has 6 heteroatoms. The maximum Gasteiger partial charge on any atom is 0.313 e. The lowest BCUT2D eigenvalue weighted by molar-refractivity contribution is -0.139. The van der Waals surface area contributed by atoms with E-state index in [-0.39, 0.29) is 5.56 Å². The molecule has 0 heterocycles. The highest BCUT2D eigenvalue weighted by molar-refractivity contribution is 9.10. The number of rotatable bonds is 4. The van der Waals surface area contributed by atoms with E-state index in [1.807, 2.05) is 0 Å². The quantitative estimate of drug-likeness (QED) is 0.487. The van der Waals surface area contributed by atoms with Gasteiger partial charge in [-0.05, 0) is 28.1 Å². The van der Waals surface area contributed by atoms with E-state index in [0.717, 1.165) is 13.2 Å². The van der Waals surface area contributed by atoms with E-state index >= 15 is 0 Å². The molecule has 92 valence electrons. The van der Waals surface area contributed by atoms with Crippen molar-refractivity contribution in [1.82, 2.24) is 0 Å². The van der Waals surface area contributed by atoms with Crippen molar-refractivity contribution in [3.63, 3.8) is 0 Å². The van der Waals surface area contributed by atoms with Crippen molar-refractivity contribution in [2.45, 2.75) is 6.42 Å². The molecule has 0 amide bonds. The number of esters is 1. The molecule has 0 aliphatic carbocycles. The molecule has 1 aromatic carbocycles. The van der Waals surface area contributed by atoms with Gasteiger partial charge in [0.25, 0.3) is 0 Å². The van der Waals surface area contributed by atoms with Crippen LogP contribution in [0.5, 0.6) is 5.75 Å². The van der Waals surface area contributed by atoms with Crippen LogP contribution in [0.3, 0.4) is 0 Å². The van der Waals surface area contributed by atoms with Crippen molar-refractivity contribution in [2.75, 3.05) is 14.2 Å². The number of ether oxygens (including phenoxy) is 2. The van der Waals surface area contributed by atoms with Gasteiger partial charge < -0.3 is 9.47 Å². The first-order valence-electron chi connectivity index (χ1n) is 4.62. The summed E-state index contributed by atoms with van der Waals surface area (Å²) in [5.74, 6) is -1.76. The van der Waals surface area contributed by atoms with Crippen LogP contribution in [-0.4, -0.2) is 26.0 Å². The van der Waals surface area contributed by atoms with Crippen LogP contribution >= 0.6 is 15.9 Å². The first-order chi connectivity index (χ1) is 7.99. The number of halogens is 2. The summed E-state index contributed by atoms with van der Waals surface area (Å²) in [4.78, 5) is 22.5. The van der Waals surface area contributed by atoms with Gasteiger partial charge in [-0.2, -0.15) is 0 Å². The fourth-order valence-corrected chi connectivity index (χ4v) is 1.68. The first-order valence-corrected chi connectivity index (χ1v) is 5.42. The molecule has 17 heavy (non-hydrogen) atoms. The smallest absolute Gasteiger partial charge is 0.313 e. The Balaban J connectivity index is 3.05. The van der Waals surface area contributed by atoms with Gasteiger partial charge in [-0.3, -0.25) is 9.59 Å². The summed E-state index contributed by atoms with van der Waals surface area (Å²) in [5, 5.41) is 0. The average Bonchev–Trinajstić information content (AvgIpc) is 2.28. The summed E-state index contributed by atoms with van der Waals surface area (Å²) in [5.41, 5.74) is -0.199. The second-order valence-electron chi connectivity index (χ2n) is 3.14. The predicted octanol–water partition coefficient (Wildman–Crippen LogP) is 2.34. The molecule has 1 rings (SSSR count). The summed E-state index contributed by atoms with van der Waals surface area (Å²) in [6.45, 7) is 0. The normalized spacial score (nSPS) is 9.88. The molecular weight excluding hydrogens is 295 g/mol. The summed E-state index contributed by atoms with van der Waals surface area (Å²) >= 11 is 3.09. The lowest BCUT2D eigenvalue weighted by Crippen LogP contribution is -2.11. The van der Waals surface area contributed by atoms with Gasteiger partial charge in [-0.15, -0.1) is 0 Å². The van der Waals surface area contributed by atoms with Crippen LogP contribution in [0, 0.1) is 5.82 Å². The SMILES string of the molecule is COC(=O)CC(=O)c1cc(OC)c(Br)cc1F. The van der Waals surface area contributed by atoms with Gasteiger partial charge in [0.05, 0.1) is 24.3 Å². The number of hydrogen-bond donors (Lipinski definition) is 0.